The van der Waals surface area contributed by atoms with Crippen molar-refractivity contribution < 1.29 is 19.7 Å². The van der Waals surface area contributed by atoms with Crippen molar-refractivity contribution in [2.75, 3.05) is 0 Å². The Morgan fingerprint density at radius 1 is 1.78 bits per heavy atom. The van der Waals surface area contributed by atoms with Gasteiger partial charge < -0.3 is 10.00 Å². The quantitative estimate of drug-likeness (QED) is 0.511. The summed E-state index contributed by atoms with van der Waals surface area (Å²) < 4.78 is 0. The van der Waals surface area contributed by atoms with Crippen LogP contribution >= 0.6 is 8.00 Å². The van der Waals surface area contributed by atoms with E-state index in [1.165, 1.54) is 6.92 Å². The Hall–Kier alpha value is -0.440. The predicted octanol–water partition coefficient (Wildman–Crippen LogP) is -0.682. The average Bonchev–Trinajstić information content (AvgIpc) is 1.64. The lowest BCUT2D eigenvalue weighted by molar-refractivity contribution is -0.167. The molecule has 1 unspecified atom stereocenters. The minimum absolute atomic E-state index is 0.112. The van der Waals surface area contributed by atoms with Crippen LogP contribution in [0.2, 0.25) is 0 Å². The highest BCUT2D eigenvalue weighted by atomic mass is 31.1. The number of aliphatic carboxylic acids is 1. The van der Waals surface area contributed by atoms with Gasteiger partial charge in [0.2, 0.25) is 13.3 Å². The maximum Gasteiger partial charge on any atom is 0.377 e. The van der Waals surface area contributed by atoms with E-state index in [0.29, 0.717) is 0 Å². The maximum absolute atomic E-state index is 10.1. The summed E-state index contributed by atoms with van der Waals surface area (Å²) in [6.45, 7) is 1.52. The van der Waals surface area contributed by atoms with Gasteiger partial charge in [-0.2, -0.15) is 4.89 Å². The van der Waals surface area contributed by atoms with Gasteiger partial charge in [-0.25, -0.2) is 4.79 Å². The predicted molar refractivity (Wildman–Crippen MR) is 32.1 cm³/mol. The maximum atomic E-state index is 10.1. The standard InChI is InChI=1S/C4H7O4P/c1-2-3(4(5)6)9(7)8/h2H2,1H3,(H,5,6)(H,7,8). The molecule has 0 amide bonds. The number of hydrogen-bond acceptors (Lipinski definition) is 3. The molecule has 0 fully saturated rings. The zero-order chi connectivity index (χ0) is 7.44. The molecule has 0 aromatic carbocycles. The lowest BCUT2D eigenvalue weighted by atomic mass is 10.3. The number of carboxylic acids is 1. The lowest BCUT2D eigenvalue weighted by Gasteiger charge is -1.91. The fourth-order valence-electron chi connectivity index (χ4n) is 0.368. The SMILES string of the molecule is CC/C(C(=O)O)=[P+](\[O-])O. The van der Waals surface area contributed by atoms with Crippen LogP contribution in [0.25, 0.3) is 0 Å². The molecule has 0 aromatic heterocycles. The van der Waals surface area contributed by atoms with E-state index in [1.54, 1.807) is 0 Å². The summed E-state index contributed by atoms with van der Waals surface area (Å²) in [5.41, 5.74) is 0. The van der Waals surface area contributed by atoms with Gasteiger partial charge in [-0.15, -0.1) is 0 Å². The van der Waals surface area contributed by atoms with Gasteiger partial charge in [0.05, 0.1) is 0 Å². The molecule has 0 aliphatic heterocycles. The highest BCUT2D eigenvalue weighted by Crippen LogP contribution is 2.07. The molecule has 52 valence electrons. The first-order valence-corrected chi connectivity index (χ1v) is 3.56. The van der Waals surface area contributed by atoms with Gasteiger partial charge in [0.15, 0.2) is 0 Å². The van der Waals surface area contributed by atoms with Crippen molar-refractivity contribution in [3.05, 3.63) is 0 Å². The van der Waals surface area contributed by atoms with Gasteiger partial charge in [-0.05, 0) is 0 Å². The molecule has 0 heterocycles. The fourth-order valence-corrected chi connectivity index (χ4v) is 0.802. The summed E-state index contributed by atoms with van der Waals surface area (Å²) in [5.74, 6) is -1.29. The Morgan fingerprint density at radius 3 is 2.22 bits per heavy atom. The van der Waals surface area contributed by atoms with Crippen LogP contribution in [0.1, 0.15) is 13.3 Å². The zero-order valence-electron chi connectivity index (χ0n) is 4.87. The van der Waals surface area contributed by atoms with Gasteiger partial charge in [0.25, 0.3) is 0 Å². The molecule has 2 N–H and O–H groups in total. The molecule has 0 bridgehead atoms. The molecule has 0 saturated heterocycles. The number of carbonyl (C=O) groups is 1. The second-order valence-electron chi connectivity index (χ2n) is 1.38. The Morgan fingerprint density at radius 2 is 2.22 bits per heavy atom. The Kier molecular flexibility index (Phi) is 3.39. The topological polar surface area (TPSA) is 80.6 Å². The van der Waals surface area contributed by atoms with Crippen LogP contribution in [-0.4, -0.2) is 21.3 Å². The monoisotopic (exact) mass is 150 g/mol. The van der Waals surface area contributed by atoms with Crippen LogP contribution in [-0.2, 0) is 4.79 Å². The third-order valence-electron chi connectivity index (χ3n) is 0.813. The van der Waals surface area contributed by atoms with Gasteiger partial charge in [-0.1, -0.05) is 6.92 Å². The van der Waals surface area contributed by atoms with Crippen molar-refractivity contribution in [1.82, 2.24) is 0 Å². The molecule has 9 heavy (non-hydrogen) atoms. The van der Waals surface area contributed by atoms with Crippen molar-refractivity contribution in [1.29, 1.82) is 0 Å². The first-order valence-electron chi connectivity index (χ1n) is 2.34. The van der Waals surface area contributed by atoms with Crippen molar-refractivity contribution in [3.63, 3.8) is 0 Å². The summed E-state index contributed by atoms with van der Waals surface area (Å²) in [7, 11) is -2.64. The zero-order valence-corrected chi connectivity index (χ0v) is 5.76. The van der Waals surface area contributed by atoms with Crippen LogP contribution in [0.15, 0.2) is 0 Å². The van der Waals surface area contributed by atoms with Crippen LogP contribution in [0, 0.1) is 0 Å². The highest BCUT2D eigenvalue weighted by molar-refractivity contribution is 7.48. The molecule has 4 nitrogen and oxygen atoms in total. The summed E-state index contributed by atoms with van der Waals surface area (Å²) >= 11 is 0. The molecule has 5 heteroatoms. The van der Waals surface area contributed by atoms with E-state index in [2.05, 4.69) is 0 Å². The molecular weight excluding hydrogens is 143 g/mol. The summed E-state index contributed by atoms with van der Waals surface area (Å²) in [4.78, 5) is 28.4. The van der Waals surface area contributed by atoms with E-state index < -0.39 is 14.0 Å². The minimum atomic E-state index is -2.64. The summed E-state index contributed by atoms with van der Waals surface area (Å²) in [5, 5.41) is 7.83. The highest BCUT2D eigenvalue weighted by Gasteiger charge is 2.14. The van der Waals surface area contributed by atoms with Crippen molar-refractivity contribution in [3.8, 4) is 0 Å². The van der Waals surface area contributed by atoms with E-state index in [4.69, 9.17) is 10.00 Å². The lowest BCUT2D eigenvalue weighted by Crippen LogP contribution is -2.13. The molecule has 0 saturated carbocycles. The van der Waals surface area contributed by atoms with Gasteiger partial charge in [0.1, 0.15) is 0 Å². The van der Waals surface area contributed by atoms with Crippen LogP contribution in [0.3, 0.4) is 0 Å². The van der Waals surface area contributed by atoms with E-state index in [0.717, 1.165) is 0 Å². The Balaban J connectivity index is 4.35. The van der Waals surface area contributed by atoms with Crippen LogP contribution < -0.4 is 4.89 Å². The van der Waals surface area contributed by atoms with Crippen LogP contribution in [0.5, 0.6) is 0 Å². The second-order valence-corrected chi connectivity index (χ2v) is 2.46. The molecule has 0 radical (unpaired) electrons. The van der Waals surface area contributed by atoms with Crippen molar-refractivity contribution >= 4 is 19.3 Å². The fraction of sp³-hybridized carbons (Fsp3) is 0.500. The number of carboxylic acid groups (broad SMARTS) is 1. The van der Waals surface area contributed by atoms with Gasteiger partial charge in [0, 0.05) is 6.42 Å². The summed E-state index contributed by atoms with van der Waals surface area (Å²) in [6.07, 6.45) is 0.112. The van der Waals surface area contributed by atoms with E-state index in [-0.39, 0.29) is 11.7 Å². The first kappa shape index (κ1) is 8.56. The number of hydrogen-bond donors (Lipinski definition) is 2. The number of rotatable bonds is 2. The largest absolute Gasteiger partial charge is 0.603 e. The average molecular weight is 150 g/mol. The summed E-state index contributed by atoms with van der Waals surface area (Å²) in [6, 6.07) is 0. The normalized spacial score (nSPS) is 12.8. The van der Waals surface area contributed by atoms with Crippen molar-refractivity contribution in [2.24, 2.45) is 0 Å². The first-order chi connectivity index (χ1) is 4.09. The van der Waals surface area contributed by atoms with Gasteiger partial charge >= 0.3 is 5.97 Å². The van der Waals surface area contributed by atoms with E-state index in [9.17, 15) is 9.69 Å². The Labute approximate surface area is 53.3 Å². The minimum Gasteiger partial charge on any atom is -0.603 e. The molecule has 0 rings (SSSR count). The van der Waals surface area contributed by atoms with Gasteiger partial charge in [-0.3, -0.25) is 0 Å². The van der Waals surface area contributed by atoms with Crippen molar-refractivity contribution in [2.45, 2.75) is 13.3 Å². The molecule has 0 spiro atoms. The molecule has 0 aromatic rings. The van der Waals surface area contributed by atoms with E-state index in [1.807, 2.05) is 0 Å². The Bertz CT molecular complexity index is 147. The van der Waals surface area contributed by atoms with Crippen LogP contribution in [0.4, 0.5) is 0 Å². The third kappa shape index (κ3) is 2.56. The van der Waals surface area contributed by atoms with E-state index >= 15 is 0 Å². The smallest absolute Gasteiger partial charge is 0.377 e. The molecule has 0 aliphatic rings. The molecular formula is C4H7O4P. The molecule has 0 aliphatic carbocycles. The third-order valence-corrected chi connectivity index (χ3v) is 1.78. The molecule has 1 atom stereocenters. The second kappa shape index (κ2) is 3.56.